The Morgan fingerprint density at radius 3 is 2.47 bits per heavy atom. The first kappa shape index (κ1) is 15.3. The van der Waals surface area contributed by atoms with Gasteiger partial charge in [0.05, 0.1) is 0 Å². The number of hydrogen-bond acceptors (Lipinski definition) is 2. The summed E-state index contributed by atoms with van der Waals surface area (Å²) in [6, 6.07) is 0.773. The second-order valence-electron chi connectivity index (χ2n) is 7.33. The van der Waals surface area contributed by atoms with Gasteiger partial charge >= 0.3 is 0 Å². The Balaban J connectivity index is 1.74. The van der Waals surface area contributed by atoms with Gasteiger partial charge in [-0.05, 0) is 68.7 Å². The molecule has 112 valence electrons. The van der Waals surface area contributed by atoms with Gasteiger partial charge in [-0.1, -0.05) is 20.8 Å². The lowest BCUT2D eigenvalue weighted by Crippen LogP contribution is -2.40. The Morgan fingerprint density at radius 2 is 1.79 bits per heavy atom. The van der Waals surface area contributed by atoms with Crippen LogP contribution in [0.15, 0.2) is 0 Å². The Bertz CT molecular complexity index is 248. The van der Waals surface area contributed by atoms with Crippen molar-refractivity contribution in [3.8, 4) is 0 Å². The molecule has 2 heterocycles. The molecule has 0 aromatic rings. The molecule has 19 heavy (non-hydrogen) atoms. The molecule has 2 nitrogen and oxygen atoms in total. The van der Waals surface area contributed by atoms with Crippen molar-refractivity contribution >= 4 is 0 Å². The zero-order valence-electron chi connectivity index (χ0n) is 13.2. The van der Waals surface area contributed by atoms with E-state index in [-0.39, 0.29) is 0 Å². The van der Waals surface area contributed by atoms with Crippen LogP contribution >= 0.6 is 0 Å². The summed E-state index contributed by atoms with van der Waals surface area (Å²) in [5.74, 6) is 3.59. The van der Waals surface area contributed by atoms with E-state index in [9.17, 15) is 0 Å². The van der Waals surface area contributed by atoms with E-state index in [4.69, 9.17) is 4.74 Å². The summed E-state index contributed by atoms with van der Waals surface area (Å²) in [7, 11) is 0. The number of ether oxygens (including phenoxy) is 1. The van der Waals surface area contributed by atoms with Gasteiger partial charge in [0.1, 0.15) is 0 Å². The minimum Gasteiger partial charge on any atom is -0.381 e. The lowest BCUT2D eigenvalue weighted by molar-refractivity contribution is 0.0448. The van der Waals surface area contributed by atoms with Crippen LogP contribution in [0.1, 0.15) is 59.3 Å². The normalized spacial score (nSPS) is 31.6. The quantitative estimate of drug-likeness (QED) is 0.817. The van der Waals surface area contributed by atoms with Gasteiger partial charge in [0.15, 0.2) is 0 Å². The second kappa shape index (κ2) is 7.64. The molecule has 3 unspecified atom stereocenters. The van der Waals surface area contributed by atoms with Crippen LogP contribution in [-0.2, 0) is 4.74 Å². The molecule has 2 aliphatic heterocycles. The number of nitrogens with one attached hydrogen (secondary N) is 1. The molecule has 2 aliphatic rings. The van der Waals surface area contributed by atoms with E-state index in [1.807, 2.05) is 0 Å². The molecule has 3 atom stereocenters. The third kappa shape index (κ3) is 5.07. The van der Waals surface area contributed by atoms with Crippen LogP contribution in [0, 0.1) is 23.7 Å². The van der Waals surface area contributed by atoms with Gasteiger partial charge in [-0.15, -0.1) is 0 Å². The van der Waals surface area contributed by atoms with Crippen LogP contribution in [-0.4, -0.2) is 25.8 Å². The predicted octanol–water partition coefficient (Wildman–Crippen LogP) is 3.85. The summed E-state index contributed by atoms with van der Waals surface area (Å²) < 4.78 is 5.49. The molecule has 2 rings (SSSR count). The lowest BCUT2D eigenvalue weighted by atomic mass is 9.79. The van der Waals surface area contributed by atoms with Crippen molar-refractivity contribution in [1.82, 2.24) is 5.32 Å². The summed E-state index contributed by atoms with van der Waals surface area (Å²) >= 11 is 0. The highest BCUT2D eigenvalue weighted by atomic mass is 16.5. The molecule has 0 aliphatic carbocycles. The average Bonchev–Trinajstić information content (AvgIpc) is 2.39. The van der Waals surface area contributed by atoms with E-state index >= 15 is 0 Å². The van der Waals surface area contributed by atoms with Crippen LogP contribution in [0.5, 0.6) is 0 Å². The van der Waals surface area contributed by atoms with Crippen molar-refractivity contribution in [2.75, 3.05) is 19.8 Å². The third-order valence-electron chi connectivity index (χ3n) is 5.14. The van der Waals surface area contributed by atoms with Gasteiger partial charge in [-0.2, -0.15) is 0 Å². The largest absolute Gasteiger partial charge is 0.381 e. The molecule has 0 saturated carbocycles. The van der Waals surface area contributed by atoms with Crippen molar-refractivity contribution in [3.05, 3.63) is 0 Å². The molecule has 1 N–H and O–H groups in total. The van der Waals surface area contributed by atoms with E-state index < -0.39 is 0 Å². The standard InChI is InChI=1S/C17H33NO/c1-13(2)10-15-4-7-18-17(12-15)11-14(3)16-5-8-19-9-6-16/h13-18H,4-12H2,1-3H3. The van der Waals surface area contributed by atoms with Crippen molar-refractivity contribution in [3.63, 3.8) is 0 Å². The van der Waals surface area contributed by atoms with E-state index in [2.05, 4.69) is 26.1 Å². The summed E-state index contributed by atoms with van der Waals surface area (Å²) in [4.78, 5) is 0. The maximum absolute atomic E-state index is 5.49. The van der Waals surface area contributed by atoms with Gasteiger partial charge in [-0.25, -0.2) is 0 Å². The maximum atomic E-state index is 5.49. The number of rotatable bonds is 5. The Morgan fingerprint density at radius 1 is 1.05 bits per heavy atom. The van der Waals surface area contributed by atoms with Gasteiger partial charge in [0.2, 0.25) is 0 Å². The molecular formula is C17H33NO. The molecule has 2 fully saturated rings. The van der Waals surface area contributed by atoms with Crippen molar-refractivity contribution < 1.29 is 4.74 Å². The monoisotopic (exact) mass is 267 g/mol. The smallest absolute Gasteiger partial charge is 0.0468 e. The highest BCUT2D eigenvalue weighted by Crippen LogP contribution is 2.31. The maximum Gasteiger partial charge on any atom is 0.0468 e. The fraction of sp³-hybridized carbons (Fsp3) is 1.00. The van der Waals surface area contributed by atoms with Crippen LogP contribution in [0.2, 0.25) is 0 Å². The van der Waals surface area contributed by atoms with Gasteiger partial charge in [0, 0.05) is 19.3 Å². The molecule has 0 aromatic heterocycles. The SMILES string of the molecule is CC(C)CC1CCNC(CC(C)C2CCOCC2)C1. The third-order valence-corrected chi connectivity index (χ3v) is 5.14. The van der Waals surface area contributed by atoms with Gasteiger partial charge in [0.25, 0.3) is 0 Å². The van der Waals surface area contributed by atoms with E-state index in [1.165, 1.54) is 45.1 Å². The molecular weight excluding hydrogens is 234 g/mol. The lowest BCUT2D eigenvalue weighted by Gasteiger charge is -2.35. The first-order valence-corrected chi connectivity index (χ1v) is 8.46. The van der Waals surface area contributed by atoms with Crippen LogP contribution in [0.25, 0.3) is 0 Å². The zero-order valence-corrected chi connectivity index (χ0v) is 13.2. The van der Waals surface area contributed by atoms with Gasteiger partial charge < -0.3 is 10.1 Å². The molecule has 0 amide bonds. The summed E-state index contributed by atoms with van der Waals surface area (Å²) in [5.41, 5.74) is 0. The predicted molar refractivity (Wildman–Crippen MR) is 81.3 cm³/mol. The molecule has 2 saturated heterocycles. The zero-order chi connectivity index (χ0) is 13.7. The Hall–Kier alpha value is -0.0800. The summed E-state index contributed by atoms with van der Waals surface area (Å²) in [5, 5.41) is 3.76. The highest BCUT2D eigenvalue weighted by Gasteiger charge is 2.27. The molecule has 0 bridgehead atoms. The molecule has 0 spiro atoms. The van der Waals surface area contributed by atoms with E-state index in [0.717, 1.165) is 42.9 Å². The molecule has 2 heteroatoms. The van der Waals surface area contributed by atoms with E-state index in [1.54, 1.807) is 0 Å². The minimum absolute atomic E-state index is 0.773. The topological polar surface area (TPSA) is 21.3 Å². The van der Waals surface area contributed by atoms with Crippen molar-refractivity contribution in [2.24, 2.45) is 23.7 Å². The first-order chi connectivity index (χ1) is 9.15. The Labute approximate surface area is 119 Å². The molecule has 0 radical (unpaired) electrons. The Kier molecular flexibility index (Phi) is 6.15. The number of hydrogen-bond donors (Lipinski definition) is 1. The average molecular weight is 267 g/mol. The second-order valence-corrected chi connectivity index (χ2v) is 7.33. The fourth-order valence-corrected chi connectivity index (χ4v) is 4.08. The fourth-order valence-electron chi connectivity index (χ4n) is 4.08. The van der Waals surface area contributed by atoms with Crippen molar-refractivity contribution in [1.29, 1.82) is 0 Å². The van der Waals surface area contributed by atoms with E-state index in [0.29, 0.717) is 0 Å². The van der Waals surface area contributed by atoms with Crippen molar-refractivity contribution in [2.45, 2.75) is 65.3 Å². The van der Waals surface area contributed by atoms with Crippen LogP contribution in [0.3, 0.4) is 0 Å². The van der Waals surface area contributed by atoms with Crippen LogP contribution < -0.4 is 5.32 Å². The van der Waals surface area contributed by atoms with Gasteiger partial charge in [-0.3, -0.25) is 0 Å². The highest BCUT2D eigenvalue weighted by molar-refractivity contribution is 4.82. The summed E-state index contributed by atoms with van der Waals surface area (Å²) in [6.07, 6.45) is 8.15. The minimum atomic E-state index is 0.773. The number of piperidine rings is 1. The van der Waals surface area contributed by atoms with Crippen LogP contribution in [0.4, 0.5) is 0 Å². The summed E-state index contributed by atoms with van der Waals surface area (Å²) in [6.45, 7) is 10.4. The molecule has 0 aromatic carbocycles. The first-order valence-electron chi connectivity index (χ1n) is 8.46.